The van der Waals surface area contributed by atoms with Gasteiger partial charge in [-0.1, -0.05) is 48.0 Å². The van der Waals surface area contributed by atoms with Crippen molar-refractivity contribution in [2.45, 2.75) is 26.8 Å². The quantitative estimate of drug-likeness (QED) is 0.245. The lowest BCUT2D eigenvalue weighted by molar-refractivity contribution is -0.123. The van der Waals surface area contributed by atoms with Gasteiger partial charge in [-0.05, 0) is 18.6 Å². The van der Waals surface area contributed by atoms with Gasteiger partial charge >= 0.3 is 0 Å². The fourth-order valence-electron chi connectivity index (χ4n) is 1.87. The van der Waals surface area contributed by atoms with E-state index in [1.165, 1.54) is 5.56 Å². The van der Waals surface area contributed by atoms with Crippen molar-refractivity contribution in [3.8, 4) is 0 Å². The van der Waals surface area contributed by atoms with Crippen molar-refractivity contribution in [1.29, 1.82) is 0 Å². The first kappa shape index (κ1) is 22.2. The molecule has 0 aliphatic rings. The fourth-order valence-corrected chi connectivity index (χ4v) is 2.50. The number of hydrogen-bond donors (Lipinski definition) is 3. The maximum atomic E-state index is 11.5. The first-order valence-corrected chi connectivity index (χ1v) is 8.24. The third-order valence-corrected chi connectivity index (χ3v) is 3.91. The number of guanidine groups is 1. The van der Waals surface area contributed by atoms with Crippen molar-refractivity contribution in [1.82, 2.24) is 16.0 Å². The number of amides is 1. The van der Waals surface area contributed by atoms with Gasteiger partial charge in [-0.3, -0.25) is 9.79 Å². The average Bonchev–Trinajstić information content (AvgIpc) is 2.50. The van der Waals surface area contributed by atoms with E-state index >= 15 is 0 Å². The summed E-state index contributed by atoms with van der Waals surface area (Å²) >= 11 is 3.55. The Bertz CT molecular complexity index is 523. The Morgan fingerprint density at radius 2 is 1.78 bits per heavy atom. The zero-order chi connectivity index (χ0) is 16.5. The van der Waals surface area contributed by atoms with Crippen LogP contribution in [0.3, 0.4) is 0 Å². The van der Waals surface area contributed by atoms with Gasteiger partial charge in [0.25, 0.3) is 0 Å². The number of rotatable bonds is 6. The second-order valence-electron chi connectivity index (χ2n) is 5.33. The summed E-state index contributed by atoms with van der Waals surface area (Å²) in [4.78, 5) is 15.7. The minimum Gasteiger partial charge on any atom is -0.355 e. The van der Waals surface area contributed by atoms with Gasteiger partial charge in [0.05, 0.1) is 6.04 Å². The number of hydrogen-bond acceptors (Lipinski definition) is 2. The molecule has 23 heavy (non-hydrogen) atoms. The third kappa shape index (κ3) is 8.01. The molecule has 1 rings (SSSR count). The third-order valence-electron chi connectivity index (χ3n) is 3.19. The van der Waals surface area contributed by atoms with Crippen LogP contribution in [0.25, 0.3) is 0 Å². The van der Waals surface area contributed by atoms with Crippen molar-refractivity contribution in [2.75, 3.05) is 20.1 Å². The van der Waals surface area contributed by atoms with Gasteiger partial charge in [0, 0.05) is 30.5 Å². The van der Waals surface area contributed by atoms with Gasteiger partial charge in [-0.2, -0.15) is 0 Å². The van der Waals surface area contributed by atoms with Crippen molar-refractivity contribution < 1.29 is 4.79 Å². The summed E-state index contributed by atoms with van der Waals surface area (Å²) in [5.41, 5.74) is 1.17. The van der Waals surface area contributed by atoms with Crippen LogP contribution in [-0.2, 0) is 4.79 Å². The van der Waals surface area contributed by atoms with E-state index in [1.54, 1.807) is 7.05 Å². The predicted molar refractivity (Wildman–Crippen MR) is 110 cm³/mol. The largest absolute Gasteiger partial charge is 0.355 e. The molecule has 1 aromatic carbocycles. The zero-order valence-electron chi connectivity index (χ0n) is 14.0. The molecule has 5 nitrogen and oxygen atoms in total. The maximum absolute atomic E-state index is 11.5. The van der Waals surface area contributed by atoms with Gasteiger partial charge in [-0.15, -0.1) is 24.0 Å². The summed E-state index contributed by atoms with van der Waals surface area (Å²) in [6.45, 7) is 7.03. The minimum atomic E-state index is 0. The molecular weight excluding hydrogens is 471 g/mol. The molecule has 130 valence electrons. The predicted octanol–water partition coefficient (Wildman–Crippen LogP) is 3.07. The SMILES string of the molecule is CN=C(NCCNC(=O)C(C)C)NC(C)c1ccccc1Br.I. The van der Waals surface area contributed by atoms with Crippen molar-refractivity contribution in [2.24, 2.45) is 10.9 Å². The molecule has 0 saturated heterocycles. The monoisotopic (exact) mass is 496 g/mol. The number of carbonyl (C=O) groups is 1. The molecule has 0 aliphatic heterocycles. The van der Waals surface area contributed by atoms with E-state index in [-0.39, 0.29) is 41.8 Å². The molecule has 0 saturated carbocycles. The summed E-state index contributed by atoms with van der Waals surface area (Å²) in [6.07, 6.45) is 0. The summed E-state index contributed by atoms with van der Waals surface area (Å²) in [5, 5.41) is 9.39. The van der Waals surface area contributed by atoms with Crippen LogP contribution in [0.5, 0.6) is 0 Å². The van der Waals surface area contributed by atoms with Crippen LogP contribution >= 0.6 is 39.9 Å². The van der Waals surface area contributed by atoms with Crippen LogP contribution in [0, 0.1) is 5.92 Å². The van der Waals surface area contributed by atoms with Crippen LogP contribution in [0.4, 0.5) is 0 Å². The Labute approximate surface area is 164 Å². The zero-order valence-corrected chi connectivity index (χ0v) is 17.9. The highest BCUT2D eigenvalue weighted by Gasteiger charge is 2.10. The van der Waals surface area contributed by atoms with E-state index in [1.807, 2.05) is 32.0 Å². The highest BCUT2D eigenvalue weighted by Crippen LogP contribution is 2.22. The Balaban J connectivity index is 0.00000484. The molecule has 0 fully saturated rings. The molecule has 0 radical (unpaired) electrons. The second kappa shape index (κ2) is 11.7. The lowest BCUT2D eigenvalue weighted by atomic mass is 10.1. The van der Waals surface area contributed by atoms with Crippen molar-refractivity contribution in [3.63, 3.8) is 0 Å². The molecule has 0 heterocycles. The molecule has 1 aromatic rings. The number of benzene rings is 1. The van der Waals surface area contributed by atoms with Crippen LogP contribution in [-0.4, -0.2) is 32.0 Å². The van der Waals surface area contributed by atoms with Gasteiger partial charge in [0.2, 0.25) is 5.91 Å². The average molecular weight is 497 g/mol. The fraction of sp³-hybridized carbons (Fsp3) is 0.500. The molecule has 3 N–H and O–H groups in total. The Morgan fingerprint density at radius 3 is 2.35 bits per heavy atom. The number of aliphatic imine (C=N–C) groups is 1. The number of halogens is 2. The Kier molecular flexibility index (Phi) is 11.2. The van der Waals surface area contributed by atoms with Gasteiger partial charge in [0.1, 0.15) is 0 Å². The van der Waals surface area contributed by atoms with Gasteiger partial charge in [-0.25, -0.2) is 0 Å². The summed E-state index contributed by atoms with van der Waals surface area (Å²) in [6, 6.07) is 8.20. The maximum Gasteiger partial charge on any atom is 0.222 e. The van der Waals surface area contributed by atoms with Crippen LogP contribution in [0.2, 0.25) is 0 Å². The smallest absolute Gasteiger partial charge is 0.222 e. The normalized spacial score (nSPS) is 12.3. The topological polar surface area (TPSA) is 65.5 Å². The van der Waals surface area contributed by atoms with E-state index in [0.717, 1.165) is 4.47 Å². The van der Waals surface area contributed by atoms with E-state index in [0.29, 0.717) is 19.0 Å². The first-order chi connectivity index (χ1) is 10.5. The van der Waals surface area contributed by atoms with Crippen molar-refractivity contribution >= 4 is 51.8 Å². The van der Waals surface area contributed by atoms with Crippen LogP contribution in [0.1, 0.15) is 32.4 Å². The summed E-state index contributed by atoms with van der Waals surface area (Å²) in [5.74, 6) is 0.779. The molecular formula is C16H26BrIN4O. The number of nitrogens with zero attached hydrogens (tertiary/aromatic N) is 1. The molecule has 1 atom stereocenters. The molecule has 1 amide bonds. The van der Waals surface area contributed by atoms with E-state index < -0.39 is 0 Å². The van der Waals surface area contributed by atoms with Crippen LogP contribution in [0.15, 0.2) is 33.7 Å². The van der Waals surface area contributed by atoms with Gasteiger partial charge in [0.15, 0.2) is 5.96 Å². The van der Waals surface area contributed by atoms with E-state index in [4.69, 9.17) is 0 Å². The molecule has 7 heteroatoms. The molecule has 0 bridgehead atoms. The van der Waals surface area contributed by atoms with E-state index in [2.05, 4.69) is 49.9 Å². The van der Waals surface area contributed by atoms with Gasteiger partial charge < -0.3 is 16.0 Å². The first-order valence-electron chi connectivity index (χ1n) is 7.45. The highest BCUT2D eigenvalue weighted by atomic mass is 127. The Morgan fingerprint density at radius 1 is 1.17 bits per heavy atom. The van der Waals surface area contributed by atoms with E-state index in [9.17, 15) is 4.79 Å². The number of carbonyl (C=O) groups excluding carboxylic acids is 1. The lowest BCUT2D eigenvalue weighted by Crippen LogP contribution is -2.42. The van der Waals surface area contributed by atoms with Crippen LogP contribution < -0.4 is 16.0 Å². The second-order valence-corrected chi connectivity index (χ2v) is 6.19. The molecule has 0 aromatic heterocycles. The molecule has 1 unspecified atom stereocenters. The standard InChI is InChI=1S/C16H25BrN4O.HI/c1-11(2)15(22)19-9-10-20-16(18-4)21-12(3)13-7-5-6-8-14(13)17;/h5-8,11-12H,9-10H2,1-4H3,(H,19,22)(H2,18,20,21);1H. The molecule has 0 aliphatic carbocycles. The summed E-state index contributed by atoms with van der Waals surface area (Å²) in [7, 11) is 1.73. The molecule has 0 spiro atoms. The Hall–Kier alpha value is -0.830. The number of nitrogens with one attached hydrogen (secondary N) is 3. The minimum absolute atomic E-state index is 0. The lowest BCUT2D eigenvalue weighted by Gasteiger charge is -2.19. The highest BCUT2D eigenvalue weighted by molar-refractivity contribution is 14.0. The van der Waals surface area contributed by atoms with Crippen molar-refractivity contribution in [3.05, 3.63) is 34.3 Å². The summed E-state index contributed by atoms with van der Waals surface area (Å²) < 4.78 is 1.06.